The first-order chi connectivity index (χ1) is 6.72. The third-order valence-electron chi connectivity index (χ3n) is 1.92. The molecule has 70 valence electrons. The minimum atomic E-state index is 0.455. The van der Waals surface area contributed by atoms with Crippen molar-refractivity contribution in [1.82, 2.24) is 4.98 Å². The number of aldehydes is 1. The lowest BCUT2D eigenvalue weighted by molar-refractivity contribution is 0.112. The quantitative estimate of drug-likeness (QED) is 0.698. The number of halogens is 2. The highest BCUT2D eigenvalue weighted by atomic mass is 35.5. The van der Waals surface area contributed by atoms with E-state index in [1.54, 1.807) is 24.4 Å². The van der Waals surface area contributed by atoms with Gasteiger partial charge >= 0.3 is 0 Å². The Hall–Kier alpha value is -1.12. The molecular weight excluding hydrogens is 221 g/mol. The van der Waals surface area contributed by atoms with Crippen molar-refractivity contribution >= 4 is 40.4 Å². The SMILES string of the molecule is O=Cc1ccnc2c(Cl)cc(Cl)cc12. The van der Waals surface area contributed by atoms with Gasteiger partial charge in [-0.15, -0.1) is 0 Å². The average Bonchev–Trinajstić information content (AvgIpc) is 2.17. The van der Waals surface area contributed by atoms with E-state index in [4.69, 9.17) is 23.2 Å². The van der Waals surface area contributed by atoms with Gasteiger partial charge in [-0.25, -0.2) is 0 Å². The molecule has 0 N–H and O–H groups in total. The number of hydrogen-bond acceptors (Lipinski definition) is 2. The highest BCUT2D eigenvalue weighted by Gasteiger charge is 2.05. The second-order valence-electron chi connectivity index (χ2n) is 2.80. The Morgan fingerprint density at radius 1 is 1.29 bits per heavy atom. The van der Waals surface area contributed by atoms with Crippen LogP contribution in [0.3, 0.4) is 0 Å². The Labute approximate surface area is 90.5 Å². The van der Waals surface area contributed by atoms with Crippen molar-refractivity contribution in [3.05, 3.63) is 40.0 Å². The standard InChI is InChI=1S/C10H5Cl2NO/c11-7-3-8-6(5-14)1-2-13-10(8)9(12)4-7/h1-5H. The average molecular weight is 226 g/mol. The summed E-state index contributed by atoms with van der Waals surface area (Å²) in [7, 11) is 0. The Balaban J connectivity index is 2.93. The molecule has 2 nitrogen and oxygen atoms in total. The lowest BCUT2D eigenvalue weighted by Gasteiger charge is -2.02. The Morgan fingerprint density at radius 3 is 2.79 bits per heavy atom. The molecule has 0 atom stereocenters. The number of aromatic nitrogens is 1. The maximum absolute atomic E-state index is 10.7. The van der Waals surface area contributed by atoms with Crippen LogP contribution in [0.2, 0.25) is 10.0 Å². The molecule has 1 heterocycles. The predicted molar refractivity (Wildman–Crippen MR) is 57.2 cm³/mol. The molecule has 0 bridgehead atoms. The van der Waals surface area contributed by atoms with Crippen LogP contribution in [0, 0.1) is 0 Å². The van der Waals surface area contributed by atoms with E-state index >= 15 is 0 Å². The Kier molecular flexibility index (Phi) is 2.40. The van der Waals surface area contributed by atoms with E-state index in [-0.39, 0.29) is 0 Å². The van der Waals surface area contributed by atoms with Gasteiger partial charge in [0.05, 0.1) is 10.5 Å². The van der Waals surface area contributed by atoms with Gasteiger partial charge in [0.1, 0.15) is 0 Å². The fourth-order valence-corrected chi connectivity index (χ4v) is 1.84. The van der Waals surface area contributed by atoms with Crippen LogP contribution in [-0.4, -0.2) is 11.3 Å². The number of hydrogen-bond donors (Lipinski definition) is 0. The Morgan fingerprint density at radius 2 is 2.07 bits per heavy atom. The fourth-order valence-electron chi connectivity index (χ4n) is 1.30. The molecule has 0 saturated carbocycles. The van der Waals surface area contributed by atoms with E-state index in [1.165, 1.54) is 0 Å². The summed E-state index contributed by atoms with van der Waals surface area (Å²) >= 11 is 11.8. The number of carbonyl (C=O) groups is 1. The normalized spacial score (nSPS) is 10.4. The van der Waals surface area contributed by atoms with Gasteiger partial charge in [0, 0.05) is 22.2 Å². The summed E-state index contributed by atoms with van der Waals surface area (Å²) in [6.45, 7) is 0. The van der Waals surface area contributed by atoms with Crippen LogP contribution in [0.4, 0.5) is 0 Å². The zero-order valence-electron chi connectivity index (χ0n) is 7.00. The van der Waals surface area contributed by atoms with Gasteiger partial charge in [-0.05, 0) is 18.2 Å². The van der Waals surface area contributed by atoms with Crippen molar-refractivity contribution in [2.75, 3.05) is 0 Å². The lowest BCUT2D eigenvalue weighted by Crippen LogP contribution is -1.87. The molecule has 0 aliphatic carbocycles. The van der Waals surface area contributed by atoms with Crippen molar-refractivity contribution in [2.45, 2.75) is 0 Å². The minimum absolute atomic E-state index is 0.455. The van der Waals surface area contributed by atoms with E-state index in [0.717, 1.165) is 6.29 Å². The molecule has 4 heteroatoms. The number of fused-ring (bicyclic) bond motifs is 1. The fraction of sp³-hybridized carbons (Fsp3) is 0. The zero-order valence-corrected chi connectivity index (χ0v) is 8.51. The van der Waals surface area contributed by atoms with Gasteiger partial charge < -0.3 is 0 Å². The van der Waals surface area contributed by atoms with E-state index in [2.05, 4.69) is 4.98 Å². The lowest BCUT2D eigenvalue weighted by atomic mass is 10.1. The molecule has 0 radical (unpaired) electrons. The molecule has 2 rings (SSSR count). The first-order valence-electron chi connectivity index (χ1n) is 3.91. The Bertz CT molecular complexity index is 511. The number of pyridine rings is 1. The van der Waals surface area contributed by atoms with Crippen molar-refractivity contribution in [1.29, 1.82) is 0 Å². The first kappa shape index (κ1) is 9.44. The van der Waals surface area contributed by atoms with E-state index in [0.29, 0.717) is 26.5 Å². The molecule has 14 heavy (non-hydrogen) atoms. The summed E-state index contributed by atoms with van der Waals surface area (Å²) in [5, 5.41) is 1.63. The van der Waals surface area contributed by atoms with Crippen LogP contribution < -0.4 is 0 Å². The molecule has 0 amide bonds. The predicted octanol–water partition coefficient (Wildman–Crippen LogP) is 3.35. The maximum Gasteiger partial charge on any atom is 0.150 e. The molecule has 0 saturated heterocycles. The summed E-state index contributed by atoms with van der Waals surface area (Å²) in [5.41, 5.74) is 1.14. The largest absolute Gasteiger partial charge is 0.298 e. The van der Waals surface area contributed by atoms with Gasteiger partial charge in [-0.2, -0.15) is 0 Å². The van der Waals surface area contributed by atoms with Gasteiger partial charge in [-0.3, -0.25) is 9.78 Å². The third-order valence-corrected chi connectivity index (χ3v) is 2.43. The molecule has 1 aromatic carbocycles. The molecule has 0 aliphatic rings. The molecule has 2 aromatic rings. The molecule has 0 spiro atoms. The first-order valence-corrected chi connectivity index (χ1v) is 4.67. The van der Waals surface area contributed by atoms with Crippen LogP contribution >= 0.6 is 23.2 Å². The highest BCUT2D eigenvalue weighted by molar-refractivity contribution is 6.38. The van der Waals surface area contributed by atoms with Crippen molar-refractivity contribution in [2.24, 2.45) is 0 Å². The van der Waals surface area contributed by atoms with Gasteiger partial charge in [0.2, 0.25) is 0 Å². The van der Waals surface area contributed by atoms with E-state index < -0.39 is 0 Å². The van der Waals surface area contributed by atoms with Crippen LogP contribution in [0.25, 0.3) is 10.9 Å². The van der Waals surface area contributed by atoms with Crippen LogP contribution in [0.5, 0.6) is 0 Å². The van der Waals surface area contributed by atoms with Crippen LogP contribution in [0.15, 0.2) is 24.4 Å². The molecule has 0 fully saturated rings. The van der Waals surface area contributed by atoms with Gasteiger partial charge in [0.25, 0.3) is 0 Å². The van der Waals surface area contributed by atoms with E-state index in [9.17, 15) is 4.79 Å². The summed E-state index contributed by atoms with van der Waals surface area (Å²) in [5.74, 6) is 0. The summed E-state index contributed by atoms with van der Waals surface area (Å²) in [6.07, 6.45) is 2.31. The molecule has 0 aliphatic heterocycles. The smallest absolute Gasteiger partial charge is 0.150 e. The third kappa shape index (κ3) is 1.47. The highest BCUT2D eigenvalue weighted by Crippen LogP contribution is 2.27. The summed E-state index contributed by atoms with van der Waals surface area (Å²) in [6, 6.07) is 4.91. The topological polar surface area (TPSA) is 30.0 Å². The molecule has 1 aromatic heterocycles. The van der Waals surface area contributed by atoms with Crippen molar-refractivity contribution < 1.29 is 4.79 Å². The van der Waals surface area contributed by atoms with Gasteiger partial charge in [-0.1, -0.05) is 23.2 Å². The number of carbonyl (C=O) groups excluding carboxylic acids is 1. The second-order valence-corrected chi connectivity index (χ2v) is 3.65. The summed E-state index contributed by atoms with van der Waals surface area (Å²) in [4.78, 5) is 14.8. The van der Waals surface area contributed by atoms with Crippen molar-refractivity contribution in [3.63, 3.8) is 0 Å². The van der Waals surface area contributed by atoms with Gasteiger partial charge in [0.15, 0.2) is 6.29 Å². The van der Waals surface area contributed by atoms with Crippen molar-refractivity contribution in [3.8, 4) is 0 Å². The molecular formula is C10H5Cl2NO. The van der Waals surface area contributed by atoms with E-state index in [1.807, 2.05) is 0 Å². The number of benzene rings is 1. The summed E-state index contributed by atoms with van der Waals surface area (Å²) < 4.78 is 0. The number of nitrogens with zero attached hydrogens (tertiary/aromatic N) is 1. The molecule has 0 unspecified atom stereocenters. The maximum atomic E-state index is 10.7. The van der Waals surface area contributed by atoms with Crippen LogP contribution in [0.1, 0.15) is 10.4 Å². The minimum Gasteiger partial charge on any atom is -0.298 e. The zero-order chi connectivity index (χ0) is 10.1. The van der Waals surface area contributed by atoms with Crippen LogP contribution in [-0.2, 0) is 0 Å². The number of rotatable bonds is 1. The second kappa shape index (κ2) is 3.56. The monoisotopic (exact) mass is 225 g/mol.